The first-order chi connectivity index (χ1) is 11.6. The fourth-order valence-electron chi connectivity index (χ4n) is 2.15. The fourth-order valence-corrected chi connectivity index (χ4v) is 2.28. The summed E-state index contributed by atoms with van der Waals surface area (Å²) in [5.74, 6) is 1.16. The summed E-state index contributed by atoms with van der Waals surface area (Å²) in [6.07, 6.45) is 0.364. The second-order valence-corrected chi connectivity index (χ2v) is 5.60. The third-order valence-electron chi connectivity index (χ3n) is 3.45. The zero-order chi connectivity index (χ0) is 17.4. The fraction of sp³-hybridized carbons (Fsp3) is 0.278. The number of anilines is 1. The van der Waals surface area contributed by atoms with Crippen LogP contribution >= 0.6 is 11.6 Å². The molecule has 0 atom stereocenters. The molecule has 0 aliphatic rings. The van der Waals surface area contributed by atoms with E-state index in [9.17, 15) is 4.79 Å². The Morgan fingerprint density at radius 2 is 1.83 bits per heavy atom. The van der Waals surface area contributed by atoms with Gasteiger partial charge in [0.05, 0.1) is 19.9 Å². The van der Waals surface area contributed by atoms with E-state index in [1.165, 1.54) is 0 Å². The Hall–Kier alpha value is -2.24. The van der Waals surface area contributed by atoms with Crippen molar-refractivity contribution >= 4 is 23.2 Å². The van der Waals surface area contributed by atoms with Crippen molar-refractivity contribution in [1.29, 1.82) is 0 Å². The summed E-state index contributed by atoms with van der Waals surface area (Å²) >= 11 is 5.84. The number of nitrogens with one attached hydrogen (secondary N) is 2. The Bertz CT molecular complexity index is 674. The molecule has 0 fully saturated rings. The number of hydrogen-bond acceptors (Lipinski definition) is 4. The van der Waals surface area contributed by atoms with Crippen molar-refractivity contribution in [2.75, 3.05) is 26.1 Å². The van der Waals surface area contributed by atoms with Crippen molar-refractivity contribution < 1.29 is 14.3 Å². The van der Waals surface area contributed by atoms with Gasteiger partial charge in [-0.25, -0.2) is 0 Å². The SMILES string of the molecule is COc1ccc(NC(=O)CCNCc2ccc(Cl)cc2)c(OC)c1. The van der Waals surface area contributed by atoms with Crippen LogP contribution in [0, 0.1) is 0 Å². The number of carbonyl (C=O) groups is 1. The standard InChI is InChI=1S/C18H21ClN2O3/c1-23-15-7-8-16(17(11-15)24-2)21-18(22)9-10-20-12-13-3-5-14(19)6-4-13/h3-8,11,20H,9-10,12H2,1-2H3,(H,21,22). The highest BCUT2D eigenvalue weighted by molar-refractivity contribution is 6.30. The molecule has 1 amide bonds. The van der Waals surface area contributed by atoms with Gasteiger partial charge in [0.15, 0.2) is 0 Å². The van der Waals surface area contributed by atoms with Crippen LogP contribution in [0.2, 0.25) is 5.02 Å². The Kier molecular flexibility index (Phi) is 6.90. The van der Waals surface area contributed by atoms with E-state index in [4.69, 9.17) is 21.1 Å². The monoisotopic (exact) mass is 348 g/mol. The van der Waals surface area contributed by atoms with Crippen molar-refractivity contribution in [3.63, 3.8) is 0 Å². The maximum atomic E-state index is 12.0. The highest BCUT2D eigenvalue weighted by Gasteiger charge is 2.08. The highest BCUT2D eigenvalue weighted by atomic mass is 35.5. The van der Waals surface area contributed by atoms with E-state index in [-0.39, 0.29) is 5.91 Å². The molecule has 2 aromatic rings. The Labute approximate surface area is 146 Å². The van der Waals surface area contributed by atoms with Gasteiger partial charge in [0.2, 0.25) is 5.91 Å². The Balaban J connectivity index is 1.78. The van der Waals surface area contributed by atoms with E-state index >= 15 is 0 Å². The molecule has 0 aliphatic heterocycles. The first-order valence-electron chi connectivity index (χ1n) is 7.59. The number of methoxy groups -OCH3 is 2. The average Bonchev–Trinajstić information content (AvgIpc) is 2.60. The lowest BCUT2D eigenvalue weighted by atomic mass is 10.2. The second kappa shape index (κ2) is 9.15. The van der Waals surface area contributed by atoms with E-state index in [1.54, 1.807) is 32.4 Å². The van der Waals surface area contributed by atoms with Crippen molar-refractivity contribution in [2.24, 2.45) is 0 Å². The number of rotatable bonds is 8. The van der Waals surface area contributed by atoms with Gasteiger partial charge in [-0.05, 0) is 29.8 Å². The van der Waals surface area contributed by atoms with Gasteiger partial charge < -0.3 is 20.1 Å². The van der Waals surface area contributed by atoms with E-state index in [0.717, 1.165) is 5.56 Å². The molecule has 2 rings (SSSR count). The van der Waals surface area contributed by atoms with Crippen LogP contribution in [-0.4, -0.2) is 26.7 Å². The number of amides is 1. The van der Waals surface area contributed by atoms with Gasteiger partial charge in [0, 0.05) is 30.6 Å². The van der Waals surface area contributed by atoms with Gasteiger partial charge in [-0.1, -0.05) is 23.7 Å². The van der Waals surface area contributed by atoms with Crippen molar-refractivity contribution in [3.05, 3.63) is 53.1 Å². The predicted octanol–water partition coefficient (Wildman–Crippen LogP) is 3.48. The molecule has 0 saturated carbocycles. The molecule has 128 valence electrons. The average molecular weight is 349 g/mol. The molecule has 0 aliphatic carbocycles. The van der Waals surface area contributed by atoms with Gasteiger partial charge in [-0.2, -0.15) is 0 Å². The molecule has 0 aromatic heterocycles. The maximum Gasteiger partial charge on any atom is 0.225 e. The molecule has 6 heteroatoms. The van der Waals surface area contributed by atoms with E-state index in [1.807, 2.05) is 24.3 Å². The summed E-state index contributed by atoms with van der Waals surface area (Å²) in [5, 5.41) is 6.79. The maximum absolute atomic E-state index is 12.0. The third-order valence-corrected chi connectivity index (χ3v) is 3.71. The summed E-state index contributed by atoms with van der Waals surface area (Å²) in [7, 11) is 3.14. The number of carbonyl (C=O) groups excluding carboxylic acids is 1. The van der Waals surface area contributed by atoms with Crippen LogP contribution in [0.3, 0.4) is 0 Å². The minimum atomic E-state index is -0.0814. The zero-order valence-electron chi connectivity index (χ0n) is 13.8. The molecular formula is C18H21ClN2O3. The van der Waals surface area contributed by atoms with Crippen LogP contribution in [0.25, 0.3) is 0 Å². The van der Waals surface area contributed by atoms with Gasteiger partial charge in [-0.3, -0.25) is 4.79 Å². The van der Waals surface area contributed by atoms with Gasteiger partial charge in [0.25, 0.3) is 0 Å². The van der Waals surface area contributed by atoms with Crippen LogP contribution in [-0.2, 0) is 11.3 Å². The quantitative estimate of drug-likeness (QED) is 0.717. The lowest BCUT2D eigenvalue weighted by molar-refractivity contribution is -0.116. The largest absolute Gasteiger partial charge is 0.497 e. The summed E-state index contributed by atoms with van der Waals surface area (Å²) in [4.78, 5) is 12.0. The number of ether oxygens (including phenoxy) is 2. The van der Waals surface area contributed by atoms with Crippen LogP contribution in [0.4, 0.5) is 5.69 Å². The highest BCUT2D eigenvalue weighted by Crippen LogP contribution is 2.28. The molecule has 2 N–H and O–H groups in total. The zero-order valence-corrected chi connectivity index (χ0v) is 14.5. The molecule has 0 heterocycles. The van der Waals surface area contributed by atoms with Crippen molar-refractivity contribution in [2.45, 2.75) is 13.0 Å². The second-order valence-electron chi connectivity index (χ2n) is 5.17. The van der Waals surface area contributed by atoms with Gasteiger partial charge in [-0.15, -0.1) is 0 Å². The molecule has 5 nitrogen and oxygen atoms in total. The summed E-state index contributed by atoms with van der Waals surface area (Å²) < 4.78 is 10.4. The lowest BCUT2D eigenvalue weighted by Crippen LogP contribution is -2.21. The first kappa shape index (κ1) is 18.1. The summed E-state index contributed by atoms with van der Waals surface area (Å²) in [6, 6.07) is 12.9. The summed E-state index contributed by atoms with van der Waals surface area (Å²) in [6.45, 7) is 1.27. The van der Waals surface area contributed by atoms with E-state index < -0.39 is 0 Å². The predicted molar refractivity (Wildman–Crippen MR) is 96.0 cm³/mol. The van der Waals surface area contributed by atoms with Gasteiger partial charge in [0.1, 0.15) is 11.5 Å². The van der Waals surface area contributed by atoms with Crippen LogP contribution in [0.1, 0.15) is 12.0 Å². The van der Waals surface area contributed by atoms with Gasteiger partial charge >= 0.3 is 0 Å². The Morgan fingerprint density at radius 1 is 1.08 bits per heavy atom. The third kappa shape index (κ3) is 5.44. The number of hydrogen-bond donors (Lipinski definition) is 2. The molecule has 0 bridgehead atoms. The van der Waals surface area contributed by atoms with Crippen LogP contribution < -0.4 is 20.1 Å². The van der Waals surface area contributed by atoms with Crippen molar-refractivity contribution in [1.82, 2.24) is 5.32 Å². The normalized spacial score (nSPS) is 10.3. The van der Waals surface area contributed by atoms with E-state index in [0.29, 0.717) is 41.7 Å². The number of halogens is 1. The smallest absolute Gasteiger partial charge is 0.225 e. The summed E-state index contributed by atoms with van der Waals surface area (Å²) in [5.41, 5.74) is 1.75. The lowest BCUT2D eigenvalue weighted by Gasteiger charge is -2.12. The number of benzene rings is 2. The van der Waals surface area contributed by atoms with Crippen LogP contribution in [0.5, 0.6) is 11.5 Å². The molecule has 0 radical (unpaired) electrons. The molecule has 0 spiro atoms. The molecule has 0 saturated heterocycles. The molecule has 0 unspecified atom stereocenters. The minimum absolute atomic E-state index is 0.0814. The first-order valence-corrected chi connectivity index (χ1v) is 7.97. The van der Waals surface area contributed by atoms with Crippen LogP contribution in [0.15, 0.2) is 42.5 Å². The topological polar surface area (TPSA) is 59.6 Å². The molecular weight excluding hydrogens is 328 g/mol. The minimum Gasteiger partial charge on any atom is -0.497 e. The van der Waals surface area contributed by atoms with Crippen molar-refractivity contribution in [3.8, 4) is 11.5 Å². The molecule has 24 heavy (non-hydrogen) atoms. The Morgan fingerprint density at radius 3 is 2.50 bits per heavy atom. The molecule has 2 aromatic carbocycles. The van der Waals surface area contributed by atoms with E-state index in [2.05, 4.69) is 10.6 Å².